The van der Waals surface area contributed by atoms with Gasteiger partial charge in [0.2, 0.25) is 0 Å². The van der Waals surface area contributed by atoms with Crippen molar-refractivity contribution in [3.63, 3.8) is 0 Å². The maximum absolute atomic E-state index is 12.4. The van der Waals surface area contributed by atoms with Crippen LogP contribution in [0.25, 0.3) is 0 Å². The highest BCUT2D eigenvalue weighted by Crippen LogP contribution is 2.05. The van der Waals surface area contributed by atoms with Crippen LogP contribution in [0.5, 0.6) is 0 Å². The summed E-state index contributed by atoms with van der Waals surface area (Å²) in [6, 6.07) is 0. The molecule has 20 heavy (non-hydrogen) atoms. The molecule has 0 amide bonds. The quantitative estimate of drug-likeness (QED) is 0.679. The molecule has 112 valence electrons. The number of nitrogens with two attached hydrogens (primary N) is 1. The highest BCUT2D eigenvalue weighted by molar-refractivity contribution is 7.80. The van der Waals surface area contributed by atoms with Crippen LogP contribution < -0.4 is 16.2 Å². The van der Waals surface area contributed by atoms with E-state index in [0.29, 0.717) is 43.5 Å². The van der Waals surface area contributed by atoms with Crippen LogP contribution in [0.4, 0.5) is 5.82 Å². The molecule has 6 nitrogen and oxygen atoms in total. The minimum Gasteiger partial charge on any atom is -0.393 e. The average Bonchev–Trinajstić information content (AvgIpc) is 2.42. The summed E-state index contributed by atoms with van der Waals surface area (Å²) < 4.78 is 6.75. The van der Waals surface area contributed by atoms with Crippen LogP contribution in [0.1, 0.15) is 19.8 Å². The number of aryl methyl sites for hydroxylation is 1. The molecular weight excluding hydrogens is 276 g/mol. The van der Waals surface area contributed by atoms with Gasteiger partial charge in [0.15, 0.2) is 5.82 Å². The number of methoxy groups -OCH3 is 1. The first kappa shape index (κ1) is 16.6. The van der Waals surface area contributed by atoms with Gasteiger partial charge >= 0.3 is 0 Å². The maximum atomic E-state index is 12.4. The Morgan fingerprint density at radius 2 is 2.30 bits per heavy atom. The van der Waals surface area contributed by atoms with Crippen LogP contribution in [0.3, 0.4) is 0 Å². The van der Waals surface area contributed by atoms with E-state index < -0.39 is 0 Å². The lowest BCUT2D eigenvalue weighted by atomic mass is 10.3. The molecule has 0 fully saturated rings. The van der Waals surface area contributed by atoms with Crippen LogP contribution in [-0.4, -0.2) is 41.3 Å². The Hall–Kier alpha value is -1.47. The minimum absolute atomic E-state index is 0.0895. The topological polar surface area (TPSA) is 73.4 Å². The van der Waals surface area contributed by atoms with Gasteiger partial charge in [-0.1, -0.05) is 19.1 Å². The predicted octanol–water partition coefficient (Wildman–Crippen LogP) is 0.782. The second kappa shape index (κ2) is 8.65. The lowest BCUT2D eigenvalue weighted by Crippen LogP contribution is -2.37. The molecule has 1 rings (SSSR count). The lowest BCUT2D eigenvalue weighted by molar-refractivity contribution is 0.205. The normalized spacial score (nSPS) is 10.5. The van der Waals surface area contributed by atoms with Gasteiger partial charge in [0.25, 0.3) is 5.56 Å². The minimum atomic E-state index is -0.0895. The summed E-state index contributed by atoms with van der Waals surface area (Å²) in [5, 5.41) is 0. The van der Waals surface area contributed by atoms with E-state index in [4.69, 9.17) is 22.7 Å². The van der Waals surface area contributed by atoms with Crippen LogP contribution in [-0.2, 0) is 11.3 Å². The Morgan fingerprint density at radius 1 is 1.55 bits per heavy atom. The first-order valence-electron chi connectivity index (χ1n) is 6.67. The van der Waals surface area contributed by atoms with Crippen molar-refractivity contribution in [1.29, 1.82) is 0 Å². The Morgan fingerprint density at radius 3 is 2.90 bits per heavy atom. The predicted molar refractivity (Wildman–Crippen MR) is 84.3 cm³/mol. The summed E-state index contributed by atoms with van der Waals surface area (Å²) in [7, 11) is 1.62. The second-order valence-corrected chi connectivity index (χ2v) is 4.97. The maximum Gasteiger partial charge on any atom is 0.293 e. The van der Waals surface area contributed by atoms with Gasteiger partial charge in [-0.15, -0.1) is 0 Å². The number of hydrogen-bond donors (Lipinski definition) is 1. The fourth-order valence-electron chi connectivity index (χ4n) is 1.84. The van der Waals surface area contributed by atoms with Gasteiger partial charge in [-0.05, 0) is 6.42 Å². The van der Waals surface area contributed by atoms with E-state index in [0.717, 1.165) is 6.42 Å². The van der Waals surface area contributed by atoms with Gasteiger partial charge in [-0.3, -0.25) is 4.79 Å². The zero-order chi connectivity index (χ0) is 15.0. The lowest BCUT2D eigenvalue weighted by Gasteiger charge is -2.23. The molecule has 0 aliphatic carbocycles. The van der Waals surface area contributed by atoms with Crippen molar-refractivity contribution in [2.24, 2.45) is 5.73 Å². The van der Waals surface area contributed by atoms with Gasteiger partial charge in [0.1, 0.15) is 0 Å². The Balaban J connectivity index is 2.96. The molecule has 0 atom stereocenters. The molecular formula is C13H22N4O2S. The molecule has 1 aromatic heterocycles. The number of ether oxygens (including phenoxy) is 1. The number of hydrogen-bond acceptors (Lipinski definition) is 5. The smallest absolute Gasteiger partial charge is 0.293 e. The summed E-state index contributed by atoms with van der Waals surface area (Å²) in [6.07, 6.45) is 4.79. The largest absolute Gasteiger partial charge is 0.393 e. The van der Waals surface area contributed by atoms with Gasteiger partial charge in [0.05, 0.1) is 11.6 Å². The molecule has 1 heterocycles. The van der Waals surface area contributed by atoms with Crippen molar-refractivity contribution in [2.45, 2.75) is 26.3 Å². The number of thiocarbonyl (C=S) groups is 1. The van der Waals surface area contributed by atoms with E-state index in [1.165, 1.54) is 0 Å². The molecule has 0 saturated heterocycles. The van der Waals surface area contributed by atoms with Gasteiger partial charge in [-0.2, -0.15) is 0 Å². The number of nitrogens with zero attached hydrogens (tertiary/aromatic N) is 3. The van der Waals surface area contributed by atoms with Crippen LogP contribution in [0.2, 0.25) is 0 Å². The molecule has 0 saturated carbocycles. The molecule has 0 aromatic carbocycles. The van der Waals surface area contributed by atoms with Crippen LogP contribution in [0, 0.1) is 0 Å². The van der Waals surface area contributed by atoms with Crippen molar-refractivity contribution in [3.05, 3.63) is 22.7 Å². The summed E-state index contributed by atoms with van der Waals surface area (Å²) >= 11 is 4.89. The average molecular weight is 298 g/mol. The molecule has 0 aliphatic rings. The molecule has 0 spiro atoms. The standard InChI is InChI=1S/C13H22N4O2S/c1-3-6-17-8-5-15-12(13(17)18)16(9-10-19-2)7-4-11(14)20/h5,8H,3-4,6-7,9-10H2,1-2H3,(H2,14,20). The molecule has 7 heteroatoms. The third kappa shape index (κ3) is 4.90. The highest BCUT2D eigenvalue weighted by atomic mass is 32.1. The third-order valence-electron chi connectivity index (χ3n) is 2.85. The van der Waals surface area contributed by atoms with Crippen molar-refractivity contribution >= 4 is 23.0 Å². The number of aromatic nitrogens is 2. The summed E-state index contributed by atoms with van der Waals surface area (Å²) in [6.45, 7) is 4.37. The number of rotatable bonds is 9. The van der Waals surface area contributed by atoms with E-state index in [1.54, 1.807) is 24.1 Å². The van der Waals surface area contributed by atoms with Crippen LogP contribution in [0.15, 0.2) is 17.2 Å². The van der Waals surface area contributed by atoms with E-state index in [-0.39, 0.29) is 5.56 Å². The fourth-order valence-corrected chi connectivity index (χ4v) is 1.93. The summed E-state index contributed by atoms with van der Waals surface area (Å²) in [5.41, 5.74) is 5.44. The van der Waals surface area contributed by atoms with Gasteiger partial charge in [-0.25, -0.2) is 4.98 Å². The molecule has 0 bridgehead atoms. The third-order valence-corrected chi connectivity index (χ3v) is 3.06. The van der Waals surface area contributed by atoms with E-state index >= 15 is 0 Å². The van der Waals surface area contributed by atoms with Crippen molar-refractivity contribution in [2.75, 3.05) is 31.7 Å². The van der Waals surface area contributed by atoms with Crippen molar-refractivity contribution < 1.29 is 4.74 Å². The zero-order valence-corrected chi connectivity index (χ0v) is 12.9. The Kier molecular flexibility index (Phi) is 7.17. The SMILES string of the molecule is CCCn1ccnc(N(CCOC)CCC(N)=S)c1=O. The Labute approximate surface area is 124 Å². The fraction of sp³-hybridized carbons (Fsp3) is 0.615. The molecule has 2 N–H and O–H groups in total. The monoisotopic (exact) mass is 298 g/mol. The zero-order valence-electron chi connectivity index (χ0n) is 12.0. The van der Waals surface area contributed by atoms with Gasteiger partial charge in [0, 0.05) is 45.6 Å². The molecule has 0 aliphatic heterocycles. The van der Waals surface area contributed by atoms with Crippen molar-refractivity contribution in [1.82, 2.24) is 9.55 Å². The molecule has 1 aromatic rings. The molecule has 0 radical (unpaired) electrons. The van der Waals surface area contributed by atoms with E-state index in [1.807, 2.05) is 11.8 Å². The molecule has 0 unspecified atom stereocenters. The van der Waals surface area contributed by atoms with Gasteiger partial charge < -0.3 is 19.9 Å². The first-order chi connectivity index (χ1) is 9.60. The van der Waals surface area contributed by atoms with E-state index in [9.17, 15) is 4.79 Å². The second-order valence-electron chi connectivity index (χ2n) is 4.45. The highest BCUT2D eigenvalue weighted by Gasteiger charge is 2.13. The summed E-state index contributed by atoms with van der Waals surface area (Å²) in [5.74, 6) is 0.425. The Bertz CT molecular complexity index is 490. The number of anilines is 1. The van der Waals surface area contributed by atoms with E-state index in [2.05, 4.69) is 4.98 Å². The van der Waals surface area contributed by atoms with Crippen molar-refractivity contribution in [3.8, 4) is 0 Å². The van der Waals surface area contributed by atoms with Crippen LogP contribution >= 0.6 is 12.2 Å². The summed E-state index contributed by atoms with van der Waals surface area (Å²) in [4.78, 5) is 18.9. The first-order valence-corrected chi connectivity index (χ1v) is 7.08.